The number of aromatic nitrogens is 2. The summed E-state index contributed by atoms with van der Waals surface area (Å²) in [6.07, 6.45) is 0.865. The average Bonchev–Trinajstić information content (AvgIpc) is 3.26. The van der Waals surface area contributed by atoms with Gasteiger partial charge in [-0.1, -0.05) is 48.5 Å². The lowest BCUT2D eigenvalue weighted by atomic mass is 10.0. The zero-order valence-electron chi connectivity index (χ0n) is 19.2. The second-order valence-electron chi connectivity index (χ2n) is 8.41. The van der Waals surface area contributed by atoms with Crippen LogP contribution in [0.5, 0.6) is 0 Å². The number of benzene rings is 3. The molecule has 1 unspecified atom stereocenters. The first-order valence-corrected chi connectivity index (χ1v) is 12.5. The number of nitrogens with zero attached hydrogens (tertiary/aromatic N) is 2. The van der Waals surface area contributed by atoms with Gasteiger partial charge in [0.15, 0.2) is 0 Å². The second-order valence-corrected chi connectivity index (χ2v) is 9.54. The van der Waals surface area contributed by atoms with Gasteiger partial charge in [-0.15, -0.1) is 11.8 Å². The van der Waals surface area contributed by atoms with Crippen LogP contribution in [0.2, 0.25) is 0 Å². The smallest absolute Gasteiger partial charge is 0.270 e. The highest BCUT2D eigenvalue weighted by Crippen LogP contribution is 2.37. The zero-order chi connectivity index (χ0) is 23.7. The van der Waals surface area contributed by atoms with Gasteiger partial charge in [0, 0.05) is 28.3 Å². The number of hydrogen-bond acceptors (Lipinski definition) is 3. The molecule has 34 heavy (non-hydrogen) atoms. The molecule has 5 rings (SSSR count). The third kappa shape index (κ3) is 4.14. The Hall–Kier alpha value is -3.38. The van der Waals surface area contributed by atoms with Gasteiger partial charge in [0.1, 0.15) is 23.0 Å². The molecule has 1 aromatic heterocycles. The number of rotatable bonds is 5. The first-order chi connectivity index (χ1) is 16.6. The number of imidazole rings is 1. The van der Waals surface area contributed by atoms with Gasteiger partial charge in [0.2, 0.25) is 0 Å². The summed E-state index contributed by atoms with van der Waals surface area (Å²) in [6.45, 7) is 4.32. The van der Waals surface area contributed by atoms with Crippen LogP contribution in [0, 0.1) is 12.7 Å². The molecule has 1 aliphatic heterocycles. The van der Waals surface area contributed by atoms with Crippen molar-refractivity contribution in [2.45, 2.75) is 37.8 Å². The number of hydrogen-bond donors (Lipinski definition) is 1. The quantitative estimate of drug-likeness (QED) is 0.354. The molecule has 0 saturated carbocycles. The fourth-order valence-corrected chi connectivity index (χ4v) is 5.64. The maximum atomic E-state index is 14.0. The number of carbonyl (C=O) groups is 1. The molecule has 1 amide bonds. The van der Waals surface area contributed by atoms with E-state index in [0.717, 1.165) is 34.7 Å². The van der Waals surface area contributed by atoms with E-state index in [1.807, 2.05) is 65.7 Å². The third-order valence-corrected chi connectivity index (χ3v) is 7.35. The minimum atomic E-state index is -0.274. The molecule has 0 bridgehead atoms. The predicted octanol–water partition coefficient (Wildman–Crippen LogP) is 6.65. The lowest BCUT2D eigenvalue weighted by Crippen LogP contribution is -2.32. The Morgan fingerprint density at radius 1 is 1.09 bits per heavy atom. The van der Waals surface area contributed by atoms with Crippen molar-refractivity contribution >= 4 is 17.7 Å². The number of nitrogens with one attached hydrogen (secondary N) is 1. The van der Waals surface area contributed by atoms with E-state index in [2.05, 4.69) is 17.4 Å². The fourth-order valence-electron chi connectivity index (χ4n) is 4.51. The van der Waals surface area contributed by atoms with Crippen LogP contribution in [0.1, 0.15) is 41.0 Å². The van der Waals surface area contributed by atoms with Crippen LogP contribution >= 0.6 is 11.8 Å². The van der Waals surface area contributed by atoms with E-state index >= 15 is 0 Å². The monoisotopic (exact) mass is 471 g/mol. The summed E-state index contributed by atoms with van der Waals surface area (Å²) in [7, 11) is 0. The van der Waals surface area contributed by atoms with Gasteiger partial charge >= 0.3 is 0 Å². The van der Waals surface area contributed by atoms with Gasteiger partial charge in [0.25, 0.3) is 5.91 Å². The van der Waals surface area contributed by atoms with Crippen LogP contribution in [0.3, 0.4) is 0 Å². The molecule has 3 aromatic carbocycles. The Labute approximate surface area is 203 Å². The van der Waals surface area contributed by atoms with Crippen LogP contribution in [0.15, 0.2) is 77.7 Å². The van der Waals surface area contributed by atoms with E-state index in [9.17, 15) is 9.18 Å². The van der Waals surface area contributed by atoms with Crippen molar-refractivity contribution in [2.24, 2.45) is 0 Å². The van der Waals surface area contributed by atoms with Crippen molar-refractivity contribution < 1.29 is 9.18 Å². The standard InChI is InChI=1S/C28H26FN3OS/c1-3-32-26(28(33)30-23-15-16-34-24-12-8-7-11-21(23)24)25(20-13-14-22(29)18(2)17-20)31-27(32)19-9-5-4-6-10-19/h4-14,17,23H,3,15-16H2,1-2H3,(H,30,33). The third-order valence-electron chi connectivity index (χ3n) is 6.23. The van der Waals surface area contributed by atoms with Gasteiger partial charge in [-0.25, -0.2) is 9.37 Å². The molecule has 1 aliphatic rings. The van der Waals surface area contributed by atoms with Crippen LogP contribution in [0.25, 0.3) is 22.6 Å². The zero-order valence-corrected chi connectivity index (χ0v) is 20.0. The van der Waals surface area contributed by atoms with E-state index in [4.69, 9.17) is 4.98 Å². The topological polar surface area (TPSA) is 46.9 Å². The van der Waals surface area contributed by atoms with Gasteiger partial charge in [-0.3, -0.25) is 4.79 Å². The first-order valence-electron chi connectivity index (χ1n) is 11.5. The van der Waals surface area contributed by atoms with E-state index < -0.39 is 0 Å². The summed E-state index contributed by atoms with van der Waals surface area (Å²) in [5, 5.41) is 3.28. The number of halogens is 1. The maximum Gasteiger partial charge on any atom is 0.270 e. The molecular formula is C28H26FN3OS. The number of carbonyl (C=O) groups excluding carboxylic acids is 1. The van der Waals surface area contributed by atoms with Crippen molar-refractivity contribution in [3.05, 3.63) is 95.4 Å². The molecule has 4 nitrogen and oxygen atoms in total. The first kappa shape index (κ1) is 22.4. The molecule has 0 saturated heterocycles. The summed E-state index contributed by atoms with van der Waals surface area (Å²) in [5.74, 6) is 1.24. The second kappa shape index (κ2) is 9.47. The van der Waals surface area contributed by atoms with Gasteiger partial charge < -0.3 is 9.88 Å². The molecule has 0 fully saturated rings. The normalized spacial score (nSPS) is 15.1. The van der Waals surface area contributed by atoms with Crippen molar-refractivity contribution in [2.75, 3.05) is 5.75 Å². The molecule has 1 N–H and O–H groups in total. The molecule has 1 atom stereocenters. The SMILES string of the molecule is CCn1c(-c2ccccc2)nc(-c2ccc(F)c(C)c2)c1C(=O)NC1CCSc2ccccc21. The fraction of sp³-hybridized carbons (Fsp3) is 0.214. The number of amides is 1. The largest absolute Gasteiger partial charge is 0.344 e. The van der Waals surface area contributed by atoms with Crippen LogP contribution < -0.4 is 5.32 Å². The van der Waals surface area contributed by atoms with E-state index in [1.165, 1.54) is 11.0 Å². The van der Waals surface area contributed by atoms with Gasteiger partial charge in [-0.2, -0.15) is 0 Å². The molecule has 6 heteroatoms. The number of aryl methyl sites for hydroxylation is 1. The van der Waals surface area contributed by atoms with Crippen molar-refractivity contribution in [3.63, 3.8) is 0 Å². The van der Waals surface area contributed by atoms with E-state index in [0.29, 0.717) is 23.5 Å². The lowest BCUT2D eigenvalue weighted by molar-refractivity contribution is 0.0926. The summed E-state index contributed by atoms with van der Waals surface area (Å²) >= 11 is 1.82. The average molecular weight is 472 g/mol. The Kier molecular flexibility index (Phi) is 6.24. The molecule has 2 heterocycles. The summed E-state index contributed by atoms with van der Waals surface area (Å²) in [4.78, 5) is 20.0. The highest BCUT2D eigenvalue weighted by Gasteiger charge is 2.28. The minimum Gasteiger partial charge on any atom is -0.344 e. The Morgan fingerprint density at radius 2 is 1.85 bits per heavy atom. The van der Waals surface area contributed by atoms with Crippen LogP contribution in [-0.2, 0) is 6.54 Å². The molecule has 0 radical (unpaired) electrons. The highest BCUT2D eigenvalue weighted by molar-refractivity contribution is 7.99. The molecule has 4 aromatic rings. The van der Waals surface area contributed by atoms with Crippen molar-refractivity contribution in [1.29, 1.82) is 0 Å². The van der Waals surface area contributed by atoms with Crippen molar-refractivity contribution in [3.8, 4) is 22.6 Å². The molecule has 0 aliphatic carbocycles. The Balaban J connectivity index is 1.62. The van der Waals surface area contributed by atoms with Gasteiger partial charge in [0.05, 0.1) is 6.04 Å². The number of thioether (sulfide) groups is 1. The highest BCUT2D eigenvalue weighted by atomic mass is 32.2. The molecule has 172 valence electrons. The van der Waals surface area contributed by atoms with Crippen LogP contribution in [-0.4, -0.2) is 21.2 Å². The summed E-state index contributed by atoms with van der Waals surface area (Å²) in [6, 6.07) is 22.9. The van der Waals surface area contributed by atoms with Crippen LogP contribution in [0.4, 0.5) is 4.39 Å². The Bertz CT molecular complexity index is 1350. The van der Waals surface area contributed by atoms with Crippen molar-refractivity contribution in [1.82, 2.24) is 14.9 Å². The predicted molar refractivity (Wildman–Crippen MR) is 135 cm³/mol. The van der Waals surface area contributed by atoms with E-state index in [-0.39, 0.29) is 17.8 Å². The summed E-state index contributed by atoms with van der Waals surface area (Å²) < 4.78 is 16.0. The molecule has 0 spiro atoms. The van der Waals surface area contributed by atoms with E-state index in [1.54, 1.807) is 19.1 Å². The maximum absolute atomic E-state index is 14.0. The summed E-state index contributed by atoms with van der Waals surface area (Å²) in [5.41, 5.74) is 4.41. The number of fused-ring (bicyclic) bond motifs is 1. The lowest BCUT2D eigenvalue weighted by Gasteiger charge is -2.26. The minimum absolute atomic E-state index is 0.0619. The van der Waals surface area contributed by atoms with Gasteiger partial charge in [-0.05, 0) is 55.7 Å². The Morgan fingerprint density at radius 3 is 2.62 bits per heavy atom. The molecular weight excluding hydrogens is 445 g/mol.